The zero-order chi connectivity index (χ0) is 17.3. The SMILES string of the molecule is O=C1/C(=C\c2ccccc2I)SC(=S)N1c1ccc([N+](=O)[O-])cc1. The van der Waals surface area contributed by atoms with Crippen LogP contribution in [-0.2, 0) is 4.79 Å². The number of nitro benzene ring substituents is 1. The Labute approximate surface area is 161 Å². The standard InChI is InChI=1S/C16H9IN2O3S2/c17-13-4-2-1-3-10(13)9-14-15(20)18(16(23)24-14)11-5-7-12(8-6-11)19(21)22/h1-9H/b14-9+. The number of carbonyl (C=O) groups excluding carboxylic acids is 1. The molecule has 120 valence electrons. The minimum absolute atomic E-state index is 0.0291. The summed E-state index contributed by atoms with van der Waals surface area (Å²) in [6.45, 7) is 0. The highest BCUT2D eigenvalue weighted by atomic mass is 127. The average Bonchev–Trinajstić information content (AvgIpc) is 2.84. The van der Waals surface area contributed by atoms with Crippen molar-refractivity contribution in [1.29, 1.82) is 0 Å². The van der Waals surface area contributed by atoms with E-state index >= 15 is 0 Å². The molecule has 0 radical (unpaired) electrons. The number of hydrogen-bond donors (Lipinski definition) is 0. The summed E-state index contributed by atoms with van der Waals surface area (Å²) in [7, 11) is 0. The van der Waals surface area contributed by atoms with Crippen molar-refractivity contribution >= 4 is 74.2 Å². The molecule has 0 N–H and O–H groups in total. The van der Waals surface area contributed by atoms with Crippen molar-refractivity contribution < 1.29 is 9.72 Å². The summed E-state index contributed by atoms with van der Waals surface area (Å²) < 4.78 is 1.45. The quantitative estimate of drug-likeness (QED) is 0.217. The van der Waals surface area contributed by atoms with Gasteiger partial charge in [0.25, 0.3) is 11.6 Å². The maximum atomic E-state index is 12.7. The Kier molecular flexibility index (Phi) is 4.97. The van der Waals surface area contributed by atoms with Crippen molar-refractivity contribution in [3.63, 3.8) is 0 Å². The van der Waals surface area contributed by atoms with E-state index in [1.807, 2.05) is 30.3 Å². The van der Waals surface area contributed by atoms with Crippen LogP contribution in [0.5, 0.6) is 0 Å². The Morgan fingerprint density at radius 2 is 1.83 bits per heavy atom. The molecular weight excluding hydrogens is 459 g/mol. The fourth-order valence-electron chi connectivity index (χ4n) is 2.15. The fraction of sp³-hybridized carbons (Fsp3) is 0. The minimum atomic E-state index is -0.481. The van der Waals surface area contributed by atoms with Crippen molar-refractivity contribution in [3.8, 4) is 0 Å². The number of thioether (sulfide) groups is 1. The number of nitrogens with zero attached hydrogens (tertiary/aromatic N) is 2. The normalized spacial score (nSPS) is 16.0. The van der Waals surface area contributed by atoms with Crippen molar-refractivity contribution in [2.75, 3.05) is 4.90 Å². The predicted molar refractivity (Wildman–Crippen MR) is 108 cm³/mol. The van der Waals surface area contributed by atoms with Gasteiger partial charge in [-0.15, -0.1) is 0 Å². The molecule has 1 heterocycles. The molecule has 0 bridgehead atoms. The maximum absolute atomic E-state index is 12.7. The minimum Gasteiger partial charge on any atom is -0.268 e. The van der Waals surface area contributed by atoms with Gasteiger partial charge in [-0.05, 0) is 52.4 Å². The third-order valence-electron chi connectivity index (χ3n) is 3.30. The Morgan fingerprint density at radius 3 is 2.46 bits per heavy atom. The number of amides is 1. The number of anilines is 1. The van der Waals surface area contributed by atoms with Crippen molar-refractivity contribution in [3.05, 3.63) is 72.7 Å². The van der Waals surface area contributed by atoms with Crippen LogP contribution in [-0.4, -0.2) is 15.2 Å². The Bertz CT molecular complexity index is 881. The van der Waals surface area contributed by atoms with Crippen LogP contribution in [0.1, 0.15) is 5.56 Å². The molecule has 0 aromatic heterocycles. The number of benzene rings is 2. The van der Waals surface area contributed by atoms with Crippen LogP contribution in [0.3, 0.4) is 0 Å². The molecule has 0 unspecified atom stereocenters. The summed E-state index contributed by atoms with van der Waals surface area (Å²) in [5.74, 6) is -0.224. The highest BCUT2D eigenvalue weighted by Crippen LogP contribution is 2.36. The van der Waals surface area contributed by atoms with Crippen LogP contribution in [0.25, 0.3) is 6.08 Å². The van der Waals surface area contributed by atoms with Gasteiger partial charge in [-0.2, -0.15) is 0 Å². The zero-order valence-corrected chi connectivity index (χ0v) is 15.8. The molecule has 1 aliphatic rings. The smallest absolute Gasteiger partial charge is 0.268 e. The molecule has 1 fully saturated rings. The summed E-state index contributed by atoms with van der Waals surface area (Å²) in [4.78, 5) is 24.8. The van der Waals surface area contributed by atoms with E-state index in [0.29, 0.717) is 14.9 Å². The van der Waals surface area contributed by atoms with Gasteiger partial charge in [0.15, 0.2) is 4.32 Å². The van der Waals surface area contributed by atoms with Gasteiger partial charge >= 0.3 is 0 Å². The number of rotatable bonds is 3. The van der Waals surface area contributed by atoms with E-state index in [2.05, 4.69) is 22.6 Å². The first-order valence-electron chi connectivity index (χ1n) is 6.74. The van der Waals surface area contributed by atoms with Gasteiger partial charge in [-0.1, -0.05) is 42.2 Å². The molecular formula is C16H9IN2O3S2. The first-order chi connectivity index (χ1) is 11.5. The number of halogens is 1. The molecule has 0 spiro atoms. The molecule has 0 aliphatic carbocycles. The van der Waals surface area contributed by atoms with E-state index in [4.69, 9.17) is 12.2 Å². The molecule has 24 heavy (non-hydrogen) atoms. The lowest BCUT2D eigenvalue weighted by atomic mass is 10.2. The maximum Gasteiger partial charge on any atom is 0.270 e. The largest absolute Gasteiger partial charge is 0.270 e. The monoisotopic (exact) mass is 468 g/mol. The molecule has 8 heteroatoms. The molecule has 2 aromatic carbocycles. The lowest BCUT2D eigenvalue weighted by Gasteiger charge is -2.13. The summed E-state index contributed by atoms with van der Waals surface area (Å²) in [6.07, 6.45) is 1.81. The van der Waals surface area contributed by atoms with Crippen LogP contribution in [0.2, 0.25) is 0 Å². The third-order valence-corrected chi connectivity index (χ3v) is 5.59. The molecule has 1 saturated heterocycles. The van der Waals surface area contributed by atoms with Gasteiger partial charge in [0.2, 0.25) is 0 Å². The fourth-order valence-corrected chi connectivity index (χ4v) is 3.98. The number of thiocarbonyl (C=S) groups is 1. The molecule has 1 aliphatic heterocycles. The predicted octanol–water partition coefficient (Wildman–Crippen LogP) is 4.61. The van der Waals surface area contributed by atoms with E-state index < -0.39 is 4.92 Å². The molecule has 2 aromatic rings. The van der Waals surface area contributed by atoms with E-state index in [-0.39, 0.29) is 11.6 Å². The second kappa shape index (κ2) is 6.99. The second-order valence-corrected chi connectivity index (χ2v) is 7.65. The Balaban J connectivity index is 1.92. The van der Waals surface area contributed by atoms with Crippen molar-refractivity contribution in [2.24, 2.45) is 0 Å². The highest BCUT2D eigenvalue weighted by Gasteiger charge is 2.33. The molecule has 5 nitrogen and oxygen atoms in total. The molecule has 3 rings (SSSR count). The third kappa shape index (κ3) is 3.35. The van der Waals surface area contributed by atoms with Crippen LogP contribution in [0, 0.1) is 13.7 Å². The van der Waals surface area contributed by atoms with Crippen LogP contribution >= 0.6 is 46.6 Å². The average molecular weight is 468 g/mol. The summed E-state index contributed by atoms with van der Waals surface area (Å²) in [6, 6.07) is 13.5. The number of hydrogen-bond acceptors (Lipinski definition) is 5. The second-order valence-electron chi connectivity index (χ2n) is 4.81. The van der Waals surface area contributed by atoms with E-state index in [9.17, 15) is 14.9 Å². The molecule has 0 saturated carbocycles. The molecule has 0 atom stereocenters. The lowest BCUT2D eigenvalue weighted by molar-refractivity contribution is -0.384. The van der Waals surface area contributed by atoms with Crippen LogP contribution < -0.4 is 4.90 Å². The molecule has 1 amide bonds. The topological polar surface area (TPSA) is 63.5 Å². The first-order valence-corrected chi connectivity index (χ1v) is 9.04. The van der Waals surface area contributed by atoms with Gasteiger partial charge in [0.05, 0.1) is 15.5 Å². The van der Waals surface area contributed by atoms with E-state index in [0.717, 1.165) is 9.13 Å². The van der Waals surface area contributed by atoms with Gasteiger partial charge < -0.3 is 0 Å². The van der Waals surface area contributed by atoms with E-state index in [1.54, 1.807) is 0 Å². The highest BCUT2D eigenvalue weighted by molar-refractivity contribution is 14.1. The van der Waals surface area contributed by atoms with Gasteiger partial charge in [-0.25, -0.2) is 0 Å². The van der Waals surface area contributed by atoms with E-state index in [1.165, 1.54) is 40.9 Å². The van der Waals surface area contributed by atoms with Crippen LogP contribution in [0.4, 0.5) is 11.4 Å². The Morgan fingerprint density at radius 1 is 1.17 bits per heavy atom. The summed E-state index contributed by atoms with van der Waals surface area (Å²) >= 11 is 8.73. The number of non-ortho nitro benzene ring substituents is 1. The van der Waals surface area contributed by atoms with Crippen LogP contribution in [0.15, 0.2) is 53.4 Å². The van der Waals surface area contributed by atoms with Gasteiger partial charge in [-0.3, -0.25) is 19.8 Å². The van der Waals surface area contributed by atoms with Gasteiger partial charge in [0.1, 0.15) is 0 Å². The van der Waals surface area contributed by atoms with Crippen molar-refractivity contribution in [1.82, 2.24) is 0 Å². The lowest BCUT2D eigenvalue weighted by Crippen LogP contribution is -2.27. The summed E-state index contributed by atoms with van der Waals surface area (Å²) in [5.41, 5.74) is 1.44. The first kappa shape index (κ1) is 17.1. The Hall–Kier alpha value is -1.78. The number of carbonyl (C=O) groups is 1. The number of nitro groups is 1. The van der Waals surface area contributed by atoms with Gasteiger partial charge in [0, 0.05) is 15.7 Å². The zero-order valence-electron chi connectivity index (χ0n) is 12.0. The van der Waals surface area contributed by atoms with Crippen molar-refractivity contribution in [2.45, 2.75) is 0 Å². The summed E-state index contributed by atoms with van der Waals surface area (Å²) in [5, 5.41) is 10.7.